The minimum atomic E-state index is 0.380. The van der Waals surface area contributed by atoms with Gasteiger partial charge in [-0.25, -0.2) is 0 Å². The molecule has 2 unspecified atom stereocenters. The molecular formula is C14H28N2S. The first-order valence-corrected chi connectivity index (χ1v) is 8.23. The molecule has 2 N–H and O–H groups in total. The van der Waals surface area contributed by atoms with Crippen molar-refractivity contribution >= 4 is 11.8 Å². The molecule has 0 aliphatic carbocycles. The van der Waals surface area contributed by atoms with Crippen molar-refractivity contribution < 1.29 is 0 Å². The van der Waals surface area contributed by atoms with Crippen molar-refractivity contribution in [2.45, 2.75) is 52.1 Å². The molecule has 2 atom stereocenters. The molecule has 0 amide bonds. The van der Waals surface area contributed by atoms with Gasteiger partial charge in [-0.05, 0) is 56.4 Å². The van der Waals surface area contributed by atoms with Crippen molar-refractivity contribution in [3.8, 4) is 0 Å². The van der Waals surface area contributed by atoms with Gasteiger partial charge in [0, 0.05) is 17.8 Å². The van der Waals surface area contributed by atoms with E-state index in [9.17, 15) is 0 Å². The Labute approximate surface area is 111 Å². The molecule has 0 aromatic carbocycles. The number of nitrogens with zero attached hydrogens (tertiary/aromatic N) is 1. The fourth-order valence-corrected chi connectivity index (χ4v) is 5.00. The molecule has 0 aromatic heterocycles. The highest BCUT2D eigenvalue weighted by Gasteiger charge is 2.38. The second-order valence-electron chi connectivity index (χ2n) is 6.56. The zero-order chi connectivity index (χ0) is 12.5. The molecule has 2 nitrogen and oxygen atoms in total. The van der Waals surface area contributed by atoms with Gasteiger partial charge in [-0.2, -0.15) is 11.8 Å². The summed E-state index contributed by atoms with van der Waals surface area (Å²) in [6.45, 7) is 9.60. The van der Waals surface area contributed by atoms with Crippen molar-refractivity contribution in [1.29, 1.82) is 0 Å². The molecule has 2 fully saturated rings. The van der Waals surface area contributed by atoms with E-state index in [0.29, 0.717) is 11.5 Å². The Morgan fingerprint density at radius 1 is 1.29 bits per heavy atom. The van der Waals surface area contributed by atoms with E-state index in [0.717, 1.165) is 12.0 Å². The lowest BCUT2D eigenvalue weighted by Crippen LogP contribution is -2.53. The zero-order valence-electron chi connectivity index (χ0n) is 11.6. The van der Waals surface area contributed by atoms with Gasteiger partial charge in [-0.3, -0.25) is 4.90 Å². The van der Waals surface area contributed by atoms with E-state index in [1.54, 1.807) is 0 Å². The Bertz CT molecular complexity index is 245. The number of hydrogen-bond donors (Lipinski definition) is 1. The van der Waals surface area contributed by atoms with E-state index < -0.39 is 0 Å². The van der Waals surface area contributed by atoms with Crippen molar-refractivity contribution in [3.05, 3.63) is 0 Å². The lowest BCUT2D eigenvalue weighted by Gasteiger charge is -2.47. The Morgan fingerprint density at radius 3 is 2.47 bits per heavy atom. The Balaban J connectivity index is 1.91. The molecule has 2 aliphatic heterocycles. The maximum atomic E-state index is 6.02. The zero-order valence-corrected chi connectivity index (χ0v) is 12.4. The van der Waals surface area contributed by atoms with Gasteiger partial charge in [0.05, 0.1) is 0 Å². The van der Waals surface area contributed by atoms with Gasteiger partial charge in [0.15, 0.2) is 0 Å². The van der Waals surface area contributed by atoms with E-state index in [-0.39, 0.29) is 0 Å². The third-order valence-electron chi connectivity index (χ3n) is 4.83. The van der Waals surface area contributed by atoms with E-state index in [1.807, 2.05) is 0 Å². The predicted octanol–water partition coefficient (Wildman–Crippen LogP) is 2.58. The second kappa shape index (κ2) is 5.50. The standard InChI is InChI=1S/C14H28N2S/c1-11(15)12-4-7-16(8-5-12)13-10-17-9-6-14(13,2)3/h11-13H,4-10,15H2,1-3H3. The molecule has 0 bridgehead atoms. The molecule has 0 saturated carbocycles. The van der Waals surface area contributed by atoms with Crippen LogP contribution in [0.15, 0.2) is 0 Å². The summed E-state index contributed by atoms with van der Waals surface area (Å²) in [5.41, 5.74) is 6.53. The summed E-state index contributed by atoms with van der Waals surface area (Å²) < 4.78 is 0. The van der Waals surface area contributed by atoms with Gasteiger partial charge in [-0.1, -0.05) is 13.8 Å². The van der Waals surface area contributed by atoms with E-state index in [2.05, 4.69) is 37.4 Å². The van der Waals surface area contributed by atoms with Gasteiger partial charge in [0.1, 0.15) is 0 Å². The fraction of sp³-hybridized carbons (Fsp3) is 1.00. The quantitative estimate of drug-likeness (QED) is 0.823. The third-order valence-corrected chi connectivity index (χ3v) is 5.87. The van der Waals surface area contributed by atoms with E-state index in [1.165, 1.54) is 43.9 Å². The molecule has 2 saturated heterocycles. The van der Waals surface area contributed by atoms with Gasteiger partial charge in [-0.15, -0.1) is 0 Å². The highest BCUT2D eigenvalue weighted by atomic mass is 32.2. The predicted molar refractivity (Wildman–Crippen MR) is 77.5 cm³/mol. The van der Waals surface area contributed by atoms with Crippen LogP contribution in [0.2, 0.25) is 0 Å². The molecule has 0 spiro atoms. The van der Waals surface area contributed by atoms with Gasteiger partial charge < -0.3 is 5.73 Å². The molecule has 17 heavy (non-hydrogen) atoms. The Kier molecular flexibility index (Phi) is 4.43. The maximum absolute atomic E-state index is 6.02. The van der Waals surface area contributed by atoms with Crippen molar-refractivity contribution in [1.82, 2.24) is 4.90 Å². The Morgan fingerprint density at radius 2 is 1.94 bits per heavy atom. The molecule has 2 rings (SSSR count). The number of hydrogen-bond acceptors (Lipinski definition) is 3. The van der Waals surface area contributed by atoms with Gasteiger partial charge >= 0.3 is 0 Å². The van der Waals surface area contributed by atoms with Crippen LogP contribution in [0.4, 0.5) is 0 Å². The van der Waals surface area contributed by atoms with Gasteiger partial charge in [0.2, 0.25) is 0 Å². The van der Waals surface area contributed by atoms with Crippen LogP contribution in [-0.4, -0.2) is 41.6 Å². The molecular weight excluding hydrogens is 228 g/mol. The summed E-state index contributed by atoms with van der Waals surface area (Å²) in [4.78, 5) is 2.74. The summed E-state index contributed by atoms with van der Waals surface area (Å²) in [6.07, 6.45) is 3.97. The number of likely N-dealkylation sites (tertiary alicyclic amines) is 1. The summed E-state index contributed by atoms with van der Waals surface area (Å²) >= 11 is 2.14. The van der Waals surface area contributed by atoms with E-state index in [4.69, 9.17) is 5.73 Å². The average Bonchev–Trinajstić information content (AvgIpc) is 2.28. The van der Waals surface area contributed by atoms with Crippen LogP contribution < -0.4 is 5.73 Å². The summed E-state index contributed by atoms with van der Waals surface area (Å²) in [5, 5.41) is 0. The van der Waals surface area contributed by atoms with Gasteiger partial charge in [0.25, 0.3) is 0 Å². The van der Waals surface area contributed by atoms with Crippen LogP contribution in [0.3, 0.4) is 0 Å². The van der Waals surface area contributed by atoms with Crippen LogP contribution in [0.1, 0.15) is 40.0 Å². The largest absolute Gasteiger partial charge is 0.328 e. The molecule has 0 radical (unpaired) electrons. The monoisotopic (exact) mass is 256 g/mol. The van der Waals surface area contributed by atoms with Crippen molar-refractivity contribution in [2.24, 2.45) is 17.1 Å². The molecule has 100 valence electrons. The van der Waals surface area contributed by atoms with Crippen LogP contribution in [0.5, 0.6) is 0 Å². The van der Waals surface area contributed by atoms with Crippen LogP contribution in [0, 0.1) is 11.3 Å². The number of piperidine rings is 1. The van der Waals surface area contributed by atoms with Crippen LogP contribution in [-0.2, 0) is 0 Å². The van der Waals surface area contributed by atoms with Crippen molar-refractivity contribution in [3.63, 3.8) is 0 Å². The lowest BCUT2D eigenvalue weighted by atomic mass is 9.79. The number of nitrogens with two attached hydrogens (primary N) is 1. The minimum Gasteiger partial charge on any atom is -0.328 e. The van der Waals surface area contributed by atoms with Crippen LogP contribution >= 0.6 is 11.8 Å². The van der Waals surface area contributed by atoms with E-state index >= 15 is 0 Å². The topological polar surface area (TPSA) is 29.3 Å². The smallest absolute Gasteiger partial charge is 0.0237 e. The summed E-state index contributed by atoms with van der Waals surface area (Å²) in [7, 11) is 0. The molecule has 0 aromatic rings. The molecule has 2 aliphatic rings. The fourth-order valence-electron chi connectivity index (χ4n) is 3.28. The first-order chi connectivity index (χ1) is 8.00. The highest BCUT2D eigenvalue weighted by Crippen LogP contribution is 2.38. The minimum absolute atomic E-state index is 0.380. The maximum Gasteiger partial charge on any atom is 0.0237 e. The molecule has 2 heterocycles. The molecule has 3 heteroatoms. The first kappa shape index (κ1) is 13.7. The Hall–Kier alpha value is 0.270. The van der Waals surface area contributed by atoms with Crippen molar-refractivity contribution in [2.75, 3.05) is 24.6 Å². The number of rotatable bonds is 2. The lowest BCUT2D eigenvalue weighted by molar-refractivity contribution is 0.0605. The average molecular weight is 256 g/mol. The SMILES string of the molecule is CC(N)C1CCN(C2CSCCC2(C)C)CC1. The normalized spacial score (nSPS) is 33.5. The summed E-state index contributed by atoms with van der Waals surface area (Å²) in [6, 6.07) is 1.17. The third kappa shape index (κ3) is 3.18. The van der Waals surface area contributed by atoms with Crippen LogP contribution in [0.25, 0.3) is 0 Å². The highest BCUT2D eigenvalue weighted by molar-refractivity contribution is 7.99. The summed E-state index contributed by atoms with van der Waals surface area (Å²) in [5.74, 6) is 3.43. The number of thioether (sulfide) groups is 1. The first-order valence-electron chi connectivity index (χ1n) is 7.08. The second-order valence-corrected chi connectivity index (χ2v) is 7.71.